The number of nitrogens with one attached hydrogen (secondary N) is 1. The third-order valence-electron chi connectivity index (χ3n) is 3.13. The van der Waals surface area contributed by atoms with Crippen molar-refractivity contribution in [1.29, 1.82) is 0 Å². The van der Waals surface area contributed by atoms with Gasteiger partial charge in [0.25, 0.3) is 0 Å². The summed E-state index contributed by atoms with van der Waals surface area (Å²) in [4.78, 5) is 5.89. The predicted octanol–water partition coefficient (Wildman–Crippen LogP) is 3.34. The van der Waals surface area contributed by atoms with Crippen LogP contribution in [0.25, 0.3) is 10.9 Å². The molecule has 2 heterocycles. The minimum atomic E-state index is 0. The molecule has 0 atom stereocenters. The normalized spacial score (nSPS) is 15.9. The number of nitrogens with zero attached hydrogens (tertiary/aromatic N) is 1. The van der Waals surface area contributed by atoms with E-state index in [0.717, 1.165) is 24.0 Å². The summed E-state index contributed by atoms with van der Waals surface area (Å²) >= 11 is 3.53. The van der Waals surface area contributed by atoms with Crippen LogP contribution in [-0.2, 0) is 13.0 Å². The van der Waals surface area contributed by atoms with E-state index < -0.39 is 0 Å². The maximum atomic E-state index is 3.53. The summed E-state index contributed by atoms with van der Waals surface area (Å²) in [6, 6.07) is 6.45. The Labute approximate surface area is 110 Å². The zero-order chi connectivity index (χ0) is 10.4. The van der Waals surface area contributed by atoms with Crippen LogP contribution in [0.1, 0.15) is 11.3 Å². The van der Waals surface area contributed by atoms with E-state index in [1.165, 1.54) is 22.2 Å². The Bertz CT molecular complexity index is 521. The molecule has 0 bridgehead atoms. The Morgan fingerprint density at radius 1 is 1.38 bits per heavy atom. The number of benzene rings is 1. The van der Waals surface area contributed by atoms with Crippen molar-refractivity contribution in [3.63, 3.8) is 0 Å². The number of likely N-dealkylation sites (N-methyl/N-ethyl adjacent to an activating group) is 1. The van der Waals surface area contributed by atoms with Crippen molar-refractivity contribution in [3.05, 3.63) is 33.9 Å². The van der Waals surface area contributed by atoms with Crippen LogP contribution in [0.15, 0.2) is 22.7 Å². The first-order valence-electron chi connectivity index (χ1n) is 5.21. The third kappa shape index (κ3) is 1.88. The summed E-state index contributed by atoms with van der Waals surface area (Å²) in [5.74, 6) is 0. The van der Waals surface area contributed by atoms with E-state index in [-0.39, 0.29) is 12.4 Å². The number of hydrogen-bond acceptors (Lipinski definition) is 1. The van der Waals surface area contributed by atoms with Gasteiger partial charge in [0.1, 0.15) is 0 Å². The van der Waals surface area contributed by atoms with Crippen LogP contribution in [0.2, 0.25) is 0 Å². The summed E-state index contributed by atoms with van der Waals surface area (Å²) in [7, 11) is 2.18. The molecule has 0 radical (unpaired) electrons. The summed E-state index contributed by atoms with van der Waals surface area (Å²) in [5, 5.41) is 1.37. The molecular weight excluding hydrogens is 288 g/mol. The largest absolute Gasteiger partial charge is 0.358 e. The molecule has 0 fully saturated rings. The molecule has 3 rings (SSSR count). The smallest absolute Gasteiger partial charge is 0.0460 e. The van der Waals surface area contributed by atoms with Crippen LogP contribution in [0.3, 0.4) is 0 Å². The molecule has 16 heavy (non-hydrogen) atoms. The minimum Gasteiger partial charge on any atom is -0.358 e. The van der Waals surface area contributed by atoms with E-state index in [2.05, 4.69) is 51.1 Å². The lowest BCUT2D eigenvalue weighted by atomic mass is 10.1. The number of aromatic amines is 1. The number of rotatable bonds is 0. The van der Waals surface area contributed by atoms with Crippen molar-refractivity contribution in [1.82, 2.24) is 9.88 Å². The maximum Gasteiger partial charge on any atom is 0.0460 e. The Balaban J connectivity index is 0.000000963. The third-order valence-corrected chi connectivity index (χ3v) is 3.62. The van der Waals surface area contributed by atoms with Crippen LogP contribution in [-0.4, -0.2) is 23.5 Å². The highest BCUT2D eigenvalue weighted by Crippen LogP contribution is 2.29. The molecule has 0 unspecified atom stereocenters. The van der Waals surface area contributed by atoms with Crippen LogP contribution in [0.5, 0.6) is 0 Å². The molecule has 86 valence electrons. The van der Waals surface area contributed by atoms with Gasteiger partial charge in [-0.3, -0.25) is 0 Å². The van der Waals surface area contributed by atoms with Crippen molar-refractivity contribution < 1.29 is 0 Å². The van der Waals surface area contributed by atoms with Gasteiger partial charge in [-0.1, -0.05) is 15.9 Å². The average Bonchev–Trinajstić information content (AvgIpc) is 2.56. The van der Waals surface area contributed by atoms with Crippen LogP contribution in [0.4, 0.5) is 0 Å². The summed E-state index contributed by atoms with van der Waals surface area (Å²) in [5.41, 5.74) is 4.15. The second-order valence-corrected chi connectivity index (χ2v) is 5.18. The monoisotopic (exact) mass is 300 g/mol. The molecule has 1 N–H and O–H groups in total. The molecule has 0 amide bonds. The summed E-state index contributed by atoms with van der Waals surface area (Å²) < 4.78 is 1.16. The average molecular weight is 302 g/mol. The van der Waals surface area contributed by atoms with Crippen LogP contribution >= 0.6 is 28.3 Å². The van der Waals surface area contributed by atoms with Gasteiger partial charge in [0.2, 0.25) is 0 Å². The Morgan fingerprint density at radius 3 is 3.00 bits per heavy atom. The van der Waals surface area contributed by atoms with Gasteiger partial charge in [-0.2, -0.15) is 0 Å². The zero-order valence-electron chi connectivity index (χ0n) is 9.09. The first kappa shape index (κ1) is 12.0. The van der Waals surface area contributed by atoms with E-state index in [4.69, 9.17) is 0 Å². The van der Waals surface area contributed by atoms with Crippen LogP contribution < -0.4 is 0 Å². The van der Waals surface area contributed by atoms with Gasteiger partial charge in [-0.05, 0) is 30.8 Å². The lowest BCUT2D eigenvalue weighted by Crippen LogP contribution is -2.25. The fourth-order valence-electron chi connectivity index (χ4n) is 2.32. The molecule has 1 aliphatic heterocycles. The van der Waals surface area contributed by atoms with Gasteiger partial charge in [-0.15, -0.1) is 12.4 Å². The fraction of sp³-hybridized carbons (Fsp3) is 0.333. The molecule has 1 aliphatic rings. The second kappa shape index (κ2) is 4.40. The molecule has 1 aromatic heterocycles. The second-order valence-electron chi connectivity index (χ2n) is 4.26. The highest BCUT2D eigenvalue weighted by molar-refractivity contribution is 9.10. The van der Waals surface area contributed by atoms with Crippen LogP contribution in [0, 0.1) is 0 Å². The number of fused-ring (bicyclic) bond motifs is 3. The van der Waals surface area contributed by atoms with Gasteiger partial charge >= 0.3 is 0 Å². The highest BCUT2D eigenvalue weighted by Gasteiger charge is 2.17. The first-order chi connectivity index (χ1) is 7.24. The van der Waals surface area contributed by atoms with Gasteiger partial charge in [0, 0.05) is 40.6 Å². The Hall–Kier alpha value is -0.510. The molecule has 2 aromatic rings. The molecule has 2 nitrogen and oxygen atoms in total. The maximum absolute atomic E-state index is 3.53. The topological polar surface area (TPSA) is 19.0 Å². The van der Waals surface area contributed by atoms with Crippen molar-refractivity contribution >= 4 is 39.2 Å². The van der Waals surface area contributed by atoms with Gasteiger partial charge in [0.05, 0.1) is 0 Å². The Kier molecular flexibility index (Phi) is 3.29. The number of aromatic nitrogens is 1. The summed E-state index contributed by atoms with van der Waals surface area (Å²) in [6.45, 7) is 2.22. The van der Waals surface area contributed by atoms with Gasteiger partial charge < -0.3 is 9.88 Å². The fourth-order valence-corrected chi connectivity index (χ4v) is 2.68. The first-order valence-corrected chi connectivity index (χ1v) is 6.01. The lowest BCUT2D eigenvalue weighted by molar-refractivity contribution is 0.313. The zero-order valence-corrected chi connectivity index (χ0v) is 11.5. The van der Waals surface area contributed by atoms with Crippen molar-refractivity contribution in [2.75, 3.05) is 13.6 Å². The molecule has 0 saturated heterocycles. The molecular formula is C12H14BrClN2. The van der Waals surface area contributed by atoms with Crippen molar-refractivity contribution in [3.8, 4) is 0 Å². The van der Waals surface area contributed by atoms with E-state index in [9.17, 15) is 0 Å². The quantitative estimate of drug-likeness (QED) is 0.791. The minimum absolute atomic E-state index is 0. The lowest BCUT2D eigenvalue weighted by Gasteiger charge is -2.22. The van der Waals surface area contributed by atoms with Gasteiger partial charge in [0.15, 0.2) is 0 Å². The SMILES string of the molecule is CN1CCc2[nH]c3ccc(Br)cc3c2C1.Cl. The standard InChI is InChI=1S/C12H13BrN2.ClH/c1-15-5-4-12-10(7-15)9-6-8(13)2-3-11(9)14-12;/h2-3,6,14H,4-5,7H2,1H3;1H. The molecule has 0 spiro atoms. The highest BCUT2D eigenvalue weighted by atomic mass is 79.9. The van der Waals surface area contributed by atoms with Crippen molar-refractivity contribution in [2.24, 2.45) is 0 Å². The molecule has 0 aliphatic carbocycles. The van der Waals surface area contributed by atoms with Gasteiger partial charge in [-0.25, -0.2) is 0 Å². The van der Waals surface area contributed by atoms with E-state index in [1.807, 2.05) is 0 Å². The Morgan fingerprint density at radius 2 is 2.19 bits per heavy atom. The number of hydrogen-bond donors (Lipinski definition) is 1. The predicted molar refractivity (Wildman–Crippen MR) is 73.3 cm³/mol. The van der Waals surface area contributed by atoms with E-state index >= 15 is 0 Å². The molecule has 0 saturated carbocycles. The number of H-pyrrole nitrogens is 1. The van der Waals surface area contributed by atoms with E-state index in [1.54, 1.807) is 0 Å². The van der Waals surface area contributed by atoms with E-state index in [0.29, 0.717) is 0 Å². The van der Waals surface area contributed by atoms with Crippen molar-refractivity contribution in [2.45, 2.75) is 13.0 Å². The number of halogens is 2. The molecule has 4 heteroatoms. The summed E-state index contributed by atoms with van der Waals surface area (Å²) in [6.07, 6.45) is 1.14. The molecule has 1 aromatic carbocycles.